The molecule has 1 amide bonds. The van der Waals surface area contributed by atoms with Crippen molar-refractivity contribution in [2.75, 3.05) is 39.3 Å². The minimum absolute atomic E-state index is 0.228. The van der Waals surface area contributed by atoms with E-state index in [0.29, 0.717) is 31.0 Å². The highest BCUT2D eigenvalue weighted by atomic mass is 16.3. The minimum Gasteiger partial charge on any atom is -0.392 e. The van der Waals surface area contributed by atoms with Gasteiger partial charge in [0.15, 0.2) is 0 Å². The van der Waals surface area contributed by atoms with Crippen molar-refractivity contribution in [1.29, 1.82) is 0 Å². The molecule has 3 atom stereocenters. The number of hydrogen-bond donors (Lipinski definition) is 3. The second kappa shape index (κ2) is 9.35. The van der Waals surface area contributed by atoms with E-state index in [2.05, 4.69) is 46.1 Å². The molecule has 3 unspecified atom stereocenters. The second-order valence-electron chi connectivity index (χ2n) is 8.75. The molecular formula is C22H34N4O2. The van der Waals surface area contributed by atoms with Crippen molar-refractivity contribution >= 4 is 5.91 Å². The number of benzene rings is 1. The molecule has 28 heavy (non-hydrogen) atoms. The average molecular weight is 387 g/mol. The summed E-state index contributed by atoms with van der Waals surface area (Å²) in [5.41, 5.74) is 8.30. The topological polar surface area (TPSA) is 67.8 Å². The van der Waals surface area contributed by atoms with Gasteiger partial charge in [-0.3, -0.25) is 20.5 Å². The Hall–Kier alpha value is -1.47. The monoisotopic (exact) mass is 386 g/mol. The maximum Gasteiger partial charge on any atom is 0.236 e. The maximum atomic E-state index is 12.7. The van der Waals surface area contributed by atoms with Gasteiger partial charge in [0, 0.05) is 32.2 Å². The molecule has 6 heteroatoms. The molecular weight excluding hydrogens is 352 g/mol. The largest absolute Gasteiger partial charge is 0.392 e. The van der Waals surface area contributed by atoms with E-state index in [0.717, 1.165) is 58.3 Å². The number of carbonyl (C=O) groups is 1. The number of rotatable bonds is 5. The van der Waals surface area contributed by atoms with Crippen LogP contribution in [0.5, 0.6) is 0 Å². The smallest absolute Gasteiger partial charge is 0.236 e. The Morgan fingerprint density at radius 1 is 1.11 bits per heavy atom. The van der Waals surface area contributed by atoms with Gasteiger partial charge in [-0.25, -0.2) is 0 Å². The Labute approximate surface area is 168 Å². The Morgan fingerprint density at radius 2 is 1.89 bits per heavy atom. The van der Waals surface area contributed by atoms with Crippen molar-refractivity contribution in [2.45, 2.75) is 44.2 Å². The van der Waals surface area contributed by atoms with Crippen LogP contribution < -0.4 is 10.9 Å². The Bertz CT molecular complexity index is 633. The molecule has 3 aliphatic heterocycles. The lowest BCUT2D eigenvalue weighted by Crippen LogP contribution is -2.50. The van der Waals surface area contributed by atoms with E-state index >= 15 is 0 Å². The summed E-state index contributed by atoms with van der Waals surface area (Å²) in [7, 11) is 0. The van der Waals surface area contributed by atoms with Gasteiger partial charge >= 0.3 is 0 Å². The van der Waals surface area contributed by atoms with Crippen molar-refractivity contribution in [3.05, 3.63) is 35.9 Å². The van der Waals surface area contributed by atoms with Gasteiger partial charge in [0.2, 0.25) is 5.91 Å². The molecule has 3 N–H and O–H groups in total. The van der Waals surface area contributed by atoms with Gasteiger partial charge < -0.3 is 10.0 Å². The van der Waals surface area contributed by atoms with Gasteiger partial charge in [0.25, 0.3) is 0 Å². The summed E-state index contributed by atoms with van der Waals surface area (Å²) in [4.78, 5) is 16.8. The lowest BCUT2D eigenvalue weighted by Gasteiger charge is -2.38. The third kappa shape index (κ3) is 4.92. The van der Waals surface area contributed by atoms with Crippen LogP contribution in [0.2, 0.25) is 0 Å². The van der Waals surface area contributed by atoms with E-state index < -0.39 is 0 Å². The van der Waals surface area contributed by atoms with Crippen LogP contribution >= 0.6 is 0 Å². The molecule has 1 aromatic carbocycles. The van der Waals surface area contributed by atoms with Crippen LogP contribution in [0.15, 0.2) is 30.3 Å². The maximum absolute atomic E-state index is 12.7. The number of hydrogen-bond acceptors (Lipinski definition) is 5. The van der Waals surface area contributed by atoms with Gasteiger partial charge in [-0.05, 0) is 56.0 Å². The Morgan fingerprint density at radius 3 is 2.64 bits per heavy atom. The Kier molecular flexibility index (Phi) is 6.62. The highest BCUT2D eigenvalue weighted by molar-refractivity contribution is 5.78. The predicted octanol–water partition coefficient (Wildman–Crippen LogP) is 1.02. The number of piperidine rings is 2. The highest BCUT2D eigenvalue weighted by Crippen LogP contribution is 2.28. The van der Waals surface area contributed by atoms with Crippen LogP contribution in [0.25, 0.3) is 0 Å². The number of aliphatic hydroxyl groups is 1. The lowest BCUT2D eigenvalue weighted by molar-refractivity contribution is -0.134. The second-order valence-corrected chi connectivity index (χ2v) is 8.75. The average Bonchev–Trinajstić information content (AvgIpc) is 3.17. The summed E-state index contributed by atoms with van der Waals surface area (Å²) in [6.07, 6.45) is 4.82. The molecule has 0 bridgehead atoms. The summed E-state index contributed by atoms with van der Waals surface area (Å²) in [6, 6.07) is 11.2. The SMILES string of the molecule is O=C(CN1CCCC(O)C1)N1CCC(C2NNCC2Cc2ccccc2)CC1. The third-order valence-electron chi connectivity index (χ3n) is 6.72. The van der Waals surface area contributed by atoms with Gasteiger partial charge in [0.1, 0.15) is 0 Å². The van der Waals surface area contributed by atoms with Crippen LogP contribution in [0.1, 0.15) is 31.2 Å². The summed E-state index contributed by atoms with van der Waals surface area (Å²) >= 11 is 0. The summed E-state index contributed by atoms with van der Waals surface area (Å²) in [5, 5.41) is 9.81. The molecule has 3 fully saturated rings. The van der Waals surface area contributed by atoms with Crippen LogP contribution in [0.4, 0.5) is 0 Å². The van der Waals surface area contributed by atoms with Gasteiger partial charge in [-0.1, -0.05) is 30.3 Å². The number of nitrogens with one attached hydrogen (secondary N) is 2. The summed E-state index contributed by atoms with van der Waals surface area (Å²) < 4.78 is 0. The third-order valence-corrected chi connectivity index (χ3v) is 6.72. The number of carbonyl (C=O) groups excluding carboxylic acids is 1. The molecule has 0 radical (unpaired) electrons. The number of β-amino-alcohol motifs (C(OH)–C–C–N with tert-alkyl or cyclic N) is 1. The number of hydrazine groups is 1. The van der Waals surface area contributed by atoms with E-state index in [1.807, 2.05) is 4.90 Å². The van der Waals surface area contributed by atoms with Crippen LogP contribution in [-0.4, -0.2) is 72.2 Å². The first kappa shape index (κ1) is 19.8. The van der Waals surface area contributed by atoms with Gasteiger partial charge in [-0.15, -0.1) is 0 Å². The zero-order valence-electron chi connectivity index (χ0n) is 16.7. The van der Waals surface area contributed by atoms with Crippen molar-refractivity contribution < 1.29 is 9.90 Å². The Balaban J connectivity index is 1.25. The van der Waals surface area contributed by atoms with Crippen molar-refractivity contribution in [3.8, 4) is 0 Å². The van der Waals surface area contributed by atoms with E-state index in [-0.39, 0.29) is 12.0 Å². The number of amides is 1. The first-order chi connectivity index (χ1) is 13.7. The molecule has 6 nitrogen and oxygen atoms in total. The zero-order valence-corrected chi connectivity index (χ0v) is 16.7. The highest BCUT2D eigenvalue weighted by Gasteiger charge is 2.36. The molecule has 1 aromatic rings. The predicted molar refractivity (Wildman–Crippen MR) is 110 cm³/mol. The number of likely N-dealkylation sites (tertiary alicyclic amines) is 2. The van der Waals surface area contributed by atoms with Crippen molar-refractivity contribution in [1.82, 2.24) is 20.7 Å². The summed E-state index contributed by atoms with van der Waals surface area (Å²) in [6.45, 7) is 4.75. The molecule has 4 rings (SSSR count). The standard InChI is InChI=1S/C22H34N4O2/c27-20-7-4-10-25(15-20)16-21(28)26-11-8-18(9-12-26)22-19(14-23-24-22)13-17-5-2-1-3-6-17/h1-3,5-6,18-20,22-24,27H,4,7-16H2. The molecule has 3 heterocycles. The molecule has 3 aliphatic rings. The molecule has 0 saturated carbocycles. The van der Waals surface area contributed by atoms with E-state index in [9.17, 15) is 9.90 Å². The first-order valence-corrected chi connectivity index (χ1v) is 10.9. The van der Waals surface area contributed by atoms with E-state index in [1.165, 1.54) is 5.56 Å². The van der Waals surface area contributed by atoms with Crippen LogP contribution in [-0.2, 0) is 11.2 Å². The van der Waals surface area contributed by atoms with Crippen LogP contribution in [0.3, 0.4) is 0 Å². The molecule has 0 spiro atoms. The molecule has 0 aromatic heterocycles. The summed E-state index contributed by atoms with van der Waals surface area (Å²) in [5.74, 6) is 1.44. The molecule has 0 aliphatic carbocycles. The molecule has 3 saturated heterocycles. The fourth-order valence-corrected chi connectivity index (χ4v) is 5.15. The van der Waals surface area contributed by atoms with E-state index in [4.69, 9.17) is 0 Å². The van der Waals surface area contributed by atoms with Crippen molar-refractivity contribution in [2.24, 2.45) is 11.8 Å². The van der Waals surface area contributed by atoms with E-state index in [1.54, 1.807) is 0 Å². The zero-order chi connectivity index (χ0) is 19.3. The quantitative estimate of drug-likeness (QED) is 0.705. The first-order valence-electron chi connectivity index (χ1n) is 10.9. The van der Waals surface area contributed by atoms with Gasteiger partial charge in [0.05, 0.1) is 12.6 Å². The van der Waals surface area contributed by atoms with Gasteiger partial charge in [-0.2, -0.15) is 0 Å². The minimum atomic E-state index is -0.269. The lowest BCUT2D eigenvalue weighted by atomic mass is 9.81. The number of nitrogens with zero attached hydrogens (tertiary/aromatic N) is 2. The molecule has 154 valence electrons. The number of aliphatic hydroxyl groups excluding tert-OH is 1. The van der Waals surface area contributed by atoms with Crippen LogP contribution in [0, 0.1) is 11.8 Å². The normalized spacial score (nSPS) is 29.9. The fourth-order valence-electron chi connectivity index (χ4n) is 5.15. The van der Waals surface area contributed by atoms with Crippen molar-refractivity contribution in [3.63, 3.8) is 0 Å². The fraction of sp³-hybridized carbons (Fsp3) is 0.682.